The number of benzene rings is 1. The first kappa shape index (κ1) is 20.4. The summed E-state index contributed by atoms with van der Waals surface area (Å²) in [7, 11) is 1.58. The third kappa shape index (κ3) is 4.84. The number of para-hydroxylation sites is 1. The second-order valence-corrected chi connectivity index (χ2v) is 7.20. The standard InChI is InChI=1S/C18H22N2O4S2/c1-3-19(10-11-21)16(22)8-9-20-17(23)15(26-18(20)25)12-13-6-4-5-7-14(13)24-2/h4-7,12,21H,3,8-11H2,1-2H3/b15-12-. The highest BCUT2D eigenvalue weighted by atomic mass is 32.2. The first-order valence-electron chi connectivity index (χ1n) is 8.28. The summed E-state index contributed by atoms with van der Waals surface area (Å²) >= 11 is 6.52. The van der Waals surface area contributed by atoms with Gasteiger partial charge in [-0.1, -0.05) is 42.2 Å². The zero-order chi connectivity index (χ0) is 19.1. The number of hydrogen-bond acceptors (Lipinski definition) is 6. The number of thioether (sulfide) groups is 1. The van der Waals surface area contributed by atoms with Crippen LogP contribution in [0.3, 0.4) is 0 Å². The van der Waals surface area contributed by atoms with Gasteiger partial charge in [0.1, 0.15) is 10.1 Å². The molecule has 1 aromatic rings. The summed E-state index contributed by atoms with van der Waals surface area (Å²) in [5.41, 5.74) is 0.798. The van der Waals surface area contributed by atoms with Crippen LogP contribution in [0.4, 0.5) is 0 Å². The second-order valence-electron chi connectivity index (χ2n) is 5.52. The van der Waals surface area contributed by atoms with Crippen molar-refractivity contribution in [3.05, 3.63) is 34.7 Å². The molecule has 0 saturated carbocycles. The van der Waals surface area contributed by atoms with E-state index in [2.05, 4.69) is 0 Å². The van der Waals surface area contributed by atoms with Crippen LogP contribution in [0.15, 0.2) is 29.2 Å². The van der Waals surface area contributed by atoms with Gasteiger partial charge in [0.2, 0.25) is 5.91 Å². The molecule has 0 unspecified atom stereocenters. The fourth-order valence-electron chi connectivity index (χ4n) is 2.57. The quantitative estimate of drug-likeness (QED) is 0.538. The highest BCUT2D eigenvalue weighted by Gasteiger charge is 2.32. The van der Waals surface area contributed by atoms with E-state index in [1.807, 2.05) is 31.2 Å². The first-order valence-corrected chi connectivity index (χ1v) is 9.51. The highest BCUT2D eigenvalue weighted by Crippen LogP contribution is 2.34. The predicted octanol–water partition coefficient (Wildman–Crippen LogP) is 2.13. The summed E-state index contributed by atoms with van der Waals surface area (Å²) in [6, 6.07) is 7.42. The average molecular weight is 395 g/mol. The fourth-order valence-corrected chi connectivity index (χ4v) is 3.86. The molecule has 1 aliphatic heterocycles. The number of aliphatic hydroxyl groups is 1. The molecule has 140 valence electrons. The third-order valence-corrected chi connectivity index (χ3v) is 5.33. The van der Waals surface area contributed by atoms with Crippen LogP contribution < -0.4 is 4.74 Å². The maximum atomic E-state index is 12.6. The van der Waals surface area contributed by atoms with Crippen LogP contribution in [0.5, 0.6) is 5.75 Å². The topological polar surface area (TPSA) is 70.1 Å². The van der Waals surface area contributed by atoms with Crippen molar-refractivity contribution in [2.45, 2.75) is 13.3 Å². The number of hydrogen-bond donors (Lipinski definition) is 1. The van der Waals surface area contributed by atoms with Gasteiger partial charge in [-0.05, 0) is 19.1 Å². The van der Waals surface area contributed by atoms with Gasteiger partial charge in [-0.25, -0.2) is 0 Å². The van der Waals surface area contributed by atoms with Gasteiger partial charge in [-0.2, -0.15) is 0 Å². The summed E-state index contributed by atoms with van der Waals surface area (Å²) in [5, 5.41) is 9.00. The number of thiocarbonyl (C=S) groups is 1. The van der Waals surface area contributed by atoms with Crippen LogP contribution in [-0.2, 0) is 9.59 Å². The van der Waals surface area contributed by atoms with Gasteiger partial charge >= 0.3 is 0 Å². The molecular weight excluding hydrogens is 372 g/mol. The van der Waals surface area contributed by atoms with Crippen molar-refractivity contribution in [2.24, 2.45) is 0 Å². The van der Waals surface area contributed by atoms with E-state index in [0.717, 1.165) is 5.56 Å². The summed E-state index contributed by atoms with van der Waals surface area (Å²) in [4.78, 5) is 28.3. The van der Waals surface area contributed by atoms with Gasteiger partial charge < -0.3 is 14.7 Å². The summed E-state index contributed by atoms with van der Waals surface area (Å²) in [6.07, 6.45) is 1.92. The van der Waals surface area contributed by atoms with Crippen LogP contribution in [0, 0.1) is 0 Å². The number of methoxy groups -OCH3 is 1. The molecule has 0 aromatic heterocycles. The molecule has 1 N–H and O–H groups in total. The first-order chi connectivity index (χ1) is 12.5. The lowest BCUT2D eigenvalue weighted by molar-refractivity contribution is -0.132. The fraction of sp³-hybridized carbons (Fsp3) is 0.389. The van der Waals surface area contributed by atoms with E-state index in [9.17, 15) is 9.59 Å². The average Bonchev–Trinajstić information content (AvgIpc) is 2.91. The molecule has 0 spiro atoms. The molecule has 0 atom stereocenters. The summed E-state index contributed by atoms with van der Waals surface area (Å²) in [5.74, 6) is 0.365. The number of carbonyl (C=O) groups is 2. The van der Waals surface area contributed by atoms with Crippen molar-refractivity contribution in [1.82, 2.24) is 9.80 Å². The van der Waals surface area contributed by atoms with Gasteiger partial charge in [-0.15, -0.1) is 0 Å². The molecular formula is C18H22N2O4S2. The van der Waals surface area contributed by atoms with E-state index >= 15 is 0 Å². The summed E-state index contributed by atoms with van der Waals surface area (Å²) in [6.45, 7) is 2.81. The van der Waals surface area contributed by atoms with E-state index < -0.39 is 0 Å². The number of nitrogens with zero attached hydrogens (tertiary/aromatic N) is 2. The van der Waals surface area contributed by atoms with Crippen LogP contribution in [-0.4, -0.2) is 64.4 Å². The third-order valence-electron chi connectivity index (χ3n) is 3.95. The van der Waals surface area contributed by atoms with Gasteiger partial charge in [-0.3, -0.25) is 14.5 Å². The van der Waals surface area contributed by atoms with Crippen molar-refractivity contribution in [1.29, 1.82) is 0 Å². The van der Waals surface area contributed by atoms with Crippen LogP contribution >= 0.6 is 24.0 Å². The molecule has 1 saturated heterocycles. The Bertz CT molecular complexity index is 721. The molecule has 0 bridgehead atoms. The number of carbonyl (C=O) groups excluding carboxylic acids is 2. The van der Waals surface area contributed by atoms with Gasteiger partial charge in [0.25, 0.3) is 5.91 Å². The maximum absolute atomic E-state index is 12.6. The zero-order valence-electron chi connectivity index (χ0n) is 14.8. The number of likely N-dealkylation sites (N-methyl/N-ethyl adjacent to an activating group) is 1. The van der Waals surface area contributed by atoms with Crippen molar-refractivity contribution in [3.63, 3.8) is 0 Å². The smallest absolute Gasteiger partial charge is 0.266 e. The van der Waals surface area contributed by atoms with Crippen LogP contribution in [0.2, 0.25) is 0 Å². The molecule has 2 rings (SSSR count). The van der Waals surface area contributed by atoms with Crippen LogP contribution in [0.1, 0.15) is 18.9 Å². The molecule has 1 aromatic carbocycles. The lowest BCUT2D eigenvalue weighted by Gasteiger charge is -2.21. The molecule has 26 heavy (non-hydrogen) atoms. The number of rotatable bonds is 8. The molecule has 1 aliphatic rings. The van der Waals surface area contributed by atoms with Crippen molar-refractivity contribution < 1.29 is 19.4 Å². The van der Waals surface area contributed by atoms with E-state index in [1.165, 1.54) is 16.7 Å². The van der Waals surface area contributed by atoms with Gasteiger partial charge in [0, 0.05) is 31.6 Å². The van der Waals surface area contributed by atoms with E-state index in [0.29, 0.717) is 28.1 Å². The number of aliphatic hydroxyl groups excluding tert-OH is 1. The normalized spacial score (nSPS) is 15.7. The maximum Gasteiger partial charge on any atom is 0.266 e. The van der Waals surface area contributed by atoms with E-state index in [-0.39, 0.29) is 31.4 Å². The van der Waals surface area contributed by atoms with Gasteiger partial charge in [0.05, 0.1) is 18.6 Å². The lowest BCUT2D eigenvalue weighted by Crippen LogP contribution is -2.37. The monoisotopic (exact) mass is 394 g/mol. The Morgan fingerprint density at radius 2 is 2.15 bits per heavy atom. The largest absolute Gasteiger partial charge is 0.496 e. The minimum absolute atomic E-state index is 0.0811. The van der Waals surface area contributed by atoms with E-state index in [4.69, 9.17) is 22.1 Å². The van der Waals surface area contributed by atoms with Crippen molar-refractivity contribution in [3.8, 4) is 5.75 Å². The number of amides is 2. The van der Waals surface area contributed by atoms with Gasteiger partial charge in [0.15, 0.2) is 0 Å². The zero-order valence-corrected chi connectivity index (χ0v) is 16.4. The predicted molar refractivity (Wildman–Crippen MR) is 107 cm³/mol. The minimum atomic E-state index is -0.205. The molecule has 1 heterocycles. The molecule has 8 heteroatoms. The highest BCUT2D eigenvalue weighted by molar-refractivity contribution is 8.26. The Hall–Kier alpha value is -1.90. The lowest BCUT2D eigenvalue weighted by atomic mass is 10.2. The Kier molecular flexibility index (Phi) is 7.62. The Balaban J connectivity index is 2.07. The number of ether oxygens (including phenoxy) is 1. The molecule has 1 fully saturated rings. The molecule has 0 radical (unpaired) electrons. The SMILES string of the molecule is CCN(CCO)C(=O)CCN1C(=O)/C(=C/c2ccccc2OC)SC1=S. The Labute approximate surface area is 162 Å². The Morgan fingerprint density at radius 1 is 1.42 bits per heavy atom. The Morgan fingerprint density at radius 3 is 2.81 bits per heavy atom. The van der Waals surface area contributed by atoms with Crippen molar-refractivity contribution in [2.75, 3.05) is 33.4 Å². The van der Waals surface area contributed by atoms with Crippen LogP contribution in [0.25, 0.3) is 6.08 Å². The summed E-state index contributed by atoms with van der Waals surface area (Å²) < 4.78 is 5.74. The van der Waals surface area contributed by atoms with E-state index in [1.54, 1.807) is 18.1 Å². The second kappa shape index (κ2) is 9.70. The van der Waals surface area contributed by atoms with Crippen molar-refractivity contribution >= 4 is 46.2 Å². The minimum Gasteiger partial charge on any atom is -0.496 e. The molecule has 6 nitrogen and oxygen atoms in total. The molecule has 0 aliphatic carbocycles. The molecule has 2 amide bonds.